The number of phosphoric acid groups is 2. The summed E-state index contributed by atoms with van der Waals surface area (Å²) in [6, 6.07) is 0. The number of hydrogen-bond acceptors (Lipinski definition) is 15. The molecule has 2 unspecified atom stereocenters. The molecule has 19 heteroatoms. The molecule has 552 valence electrons. The lowest BCUT2D eigenvalue weighted by Crippen LogP contribution is -2.30. The van der Waals surface area contributed by atoms with E-state index in [0.717, 1.165) is 167 Å². The molecular weight excluding hydrogens is 1230 g/mol. The largest absolute Gasteiger partial charge is 0.472 e. The molecule has 0 aromatic heterocycles. The van der Waals surface area contributed by atoms with Crippen LogP contribution in [0, 0.1) is 0 Å². The second-order valence-corrected chi connectivity index (χ2v) is 28.8. The van der Waals surface area contributed by atoms with Crippen LogP contribution in [0.3, 0.4) is 0 Å². The van der Waals surface area contributed by atoms with Gasteiger partial charge in [0.25, 0.3) is 0 Å². The predicted molar refractivity (Wildman–Crippen MR) is 382 cm³/mol. The molecule has 5 atom stereocenters. The molecule has 0 heterocycles. The van der Waals surface area contributed by atoms with Crippen LogP contribution in [0.15, 0.2) is 36.5 Å². The Morgan fingerprint density at radius 2 is 0.628 bits per heavy atom. The van der Waals surface area contributed by atoms with Gasteiger partial charge >= 0.3 is 33.6 Å². The van der Waals surface area contributed by atoms with E-state index in [1.807, 2.05) is 0 Å². The number of ether oxygens (including phenoxy) is 4. The van der Waals surface area contributed by atoms with Crippen LogP contribution in [0.25, 0.3) is 0 Å². The van der Waals surface area contributed by atoms with Gasteiger partial charge in [-0.3, -0.25) is 32.5 Å². The lowest BCUT2D eigenvalue weighted by Gasteiger charge is -2.21. The molecule has 3 N–H and O–H groups in total. The number of carbonyl (C=O) groups is 4. The number of unbranched alkanes of at least 4 members (excludes halogenated alkanes) is 42. The number of carbonyl (C=O) groups excluding carboxylic acids is 4. The first kappa shape index (κ1) is 91.4. The van der Waals surface area contributed by atoms with Gasteiger partial charge in [-0.25, -0.2) is 9.13 Å². The quantitative estimate of drug-likeness (QED) is 0.0128. The molecular formula is C75H140O17P2. The molecule has 0 aliphatic carbocycles. The van der Waals surface area contributed by atoms with Crippen molar-refractivity contribution < 1.29 is 80.2 Å². The van der Waals surface area contributed by atoms with Gasteiger partial charge < -0.3 is 38.6 Å². The summed E-state index contributed by atoms with van der Waals surface area (Å²) in [6.45, 7) is 3.67. The van der Waals surface area contributed by atoms with Crippen molar-refractivity contribution in [3.63, 3.8) is 0 Å². The van der Waals surface area contributed by atoms with Crippen LogP contribution < -0.4 is 0 Å². The van der Waals surface area contributed by atoms with Gasteiger partial charge in [0.1, 0.15) is 25.1 Å². The number of allylic oxidation sites excluding steroid dienone is 6. The molecule has 0 spiro atoms. The molecule has 0 aliphatic heterocycles. The van der Waals surface area contributed by atoms with E-state index in [1.54, 1.807) is 0 Å². The molecule has 0 radical (unpaired) electrons. The molecule has 0 amide bonds. The fraction of sp³-hybridized carbons (Fsp3) is 0.867. The molecule has 0 aromatic carbocycles. The van der Waals surface area contributed by atoms with Gasteiger partial charge in [-0.05, 0) is 89.9 Å². The third-order valence-corrected chi connectivity index (χ3v) is 18.5. The van der Waals surface area contributed by atoms with Crippen LogP contribution in [-0.4, -0.2) is 104 Å². The fourth-order valence-electron chi connectivity index (χ4n) is 10.8. The normalized spacial score (nSPS) is 14.2. The van der Waals surface area contributed by atoms with Gasteiger partial charge in [0.05, 0.1) is 33.0 Å². The molecule has 0 rings (SSSR count). The van der Waals surface area contributed by atoms with Gasteiger partial charge in [0.2, 0.25) is 0 Å². The molecule has 0 bridgehead atoms. The van der Waals surface area contributed by atoms with E-state index in [0.29, 0.717) is 32.3 Å². The van der Waals surface area contributed by atoms with Crippen molar-refractivity contribution in [3.05, 3.63) is 36.5 Å². The van der Waals surface area contributed by atoms with E-state index in [2.05, 4.69) is 57.2 Å². The van der Waals surface area contributed by atoms with Crippen molar-refractivity contribution in [2.24, 2.45) is 0 Å². The average molecular weight is 1380 g/mol. The van der Waals surface area contributed by atoms with Crippen molar-refractivity contribution in [2.75, 3.05) is 46.2 Å². The zero-order valence-corrected chi connectivity index (χ0v) is 61.7. The number of aldehydes is 1. The summed E-state index contributed by atoms with van der Waals surface area (Å²) in [5, 5.41) is 10.6. The van der Waals surface area contributed by atoms with Gasteiger partial charge in [-0.1, -0.05) is 276 Å². The maximum atomic E-state index is 13.1. The Kier molecular flexibility index (Phi) is 68.4. The van der Waals surface area contributed by atoms with Crippen molar-refractivity contribution >= 4 is 39.8 Å². The first-order valence-electron chi connectivity index (χ1n) is 38.2. The zero-order chi connectivity index (χ0) is 68.8. The Balaban J connectivity index is 5.23. The fourth-order valence-corrected chi connectivity index (χ4v) is 12.3. The Bertz CT molecular complexity index is 1900. The molecule has 0 aromatic rings. The summed E-state index contributed by atoms with van der Waals surface area (Å²) in [7, 11) is -9.81. The highest BCUT2D eigenvalue weighted by atomic mass is 31.2. The van der Waals surface area contributed by atoms with Crippen molar-refractivity contribution in [3.8, 4) is 0 Å². The molecule has 0 fully saturated rings. The molecule has 17 nitrogen and oxygen atoms in total. The summed E-state index contributed by atoms with van der Waals surface area (Å²) in [4.78, 5) is 70.5. The van der Waals surface area contributed by atoms with Crippen molar-refractivity contribution in [1.29, 1.82) is 0 Å². The highest BCUT2D eigenvalue weighted by Crippen LogP contribution is 2.45. The van der Waals surface area contributed by atoms with Crippen molar-refractivity contribution in [1.82, 2.24) is 0 Å². The highest BCUT2D eigenvalue weighted by Gasteiger charge is 2.30. The van der Waals surface area contributed by atoms with Crippen LogP contribution >= 0.6 is 15.6 Å². The summed E-state index contributed by atoms with van der Waals surface area (Å²) in [5.74, 6) is -1.53. The minimum absolute atomic E-state index is 0.0762. The second-order valence-electron chi connectivity index (χ2n) is 25.9. The van der Waals surface area contributed by atoms with Crippen LogP contribution in [0.2, 0.25) is 0 Å². The molecule has 94 heavy (non-hydrogen) atoms. The number of esters is 3. The predicted octanol–water partition coefficient (Wildman–Crippen LogP) is 21.2. The SMILES string of the molecule is CCCCC/C=C\C/C=C\CCCCCCCC(=O)OC[C@H](COP(=O)(O)OC[C@@H](O)COP(=O)(O)OC[C@@H](COCCCCCCC/C=C\CCCCCCC=O)OC(=O)CCCCCCCCCCCCCCC)OC(=O)CCCCCCCCCCCCCCC. The summed E-state index contributed by atoms with van der Waals surface area (Å²) >= 11 is 0. The summed E-state index contributed by atoms with van der Waals surface area (Å²) in [6.07, 6.45) is 64.6. The Morgan fingerprint density at radius 1 is 0.340 bits per heavy atom. The lowest BCUT2D eigenvalue weighted by molar-refractivity contribution is -0.161. The Hall–Kier alpha value is -2.56. The lowest BCUT2D eigenvalue weighted by atomic mass is 10.0. The van der Waals surface area contributed by atoms with Crippen molar-refractivity contribution in [2.45, 2.75) is 373 Å². The standard InChI is InChI=1S/C75H140O17P2/c1-4-7-10-13-16-19-22-25-26-31-34-39-44-49-54-59-73(78)86-67-72(92-75(80)61-56-51-46-41-36-30-24-21-18-15-12-9-6-3)69-90-94(83,84)88-65-70(77)64-87-93(81,82)89-68-71(91-74(79)60-55-50-45-40-35-29-23-20-17-14-11-8-5-2)66-85-63-58-53-48-43-38-33-28-27-32-37-42-47-52-57-62-76/h16,19,25-28,62,70-72,77H,4-15,17-18,20-24,29-61,63-69H2,1-3H3,(H,81,82)(H,83,84)/b19-16-,26-25-,28-27-/t70-,71+,72+/m0/s1. The smallest absolute Gasteiger partial charge is 0.462 e. The van der Waals surface area contributed by atoms with Crippen LogP contribution in [-0.2, 0) is 65.4 Å². The van der Waals surface area contributed by atoms with Gasteiger partial charge in [0.15, 0.2) is 6.10 Å². The van der Waals surface area contributed by atoms with E-state index in [4.69, 9.17) is 37.0 Å². The first-order chi connectivity index (χ1) is 45.8. The van der Waals surface area contributed by atoms with E-state index < -0.39 is 84.9 Å². The minimum atomic E-state index is -4.94. The van der Waals surface area contributed by atoms with Crippen LogP contribution in [0.5, 0.6) is 0 Å². The summed E-state index contributed by atoms with van der Waals surface area (Å²) < 4.78 is 69.1. The van der Waals surface area contributed by atoms with E-state index >= 15 is 0 Å². The molecule has 0 saturated carbocycles. The number of rotatable bonds is 75. The number of aliphatic hydroxyl groups excluding tert-OH is 1. The van der Waals surface area contributed by atoms with Gasteiger partial charge in [-0.15, -0.1) is 0 Å². The third kappa shape index (κ3) is 69.3. The number of phosphoric ester groups is 2. The third-order valence-electron chi connectivity index (χ3n) is 16.6. The van der Waals surface area contributed by atoms with E-state index in [1.165, 1.54) is 128 Å². The van der Waals surface area contributed by atoms with Crippen LogP contribution in [0.4, 0.5) is 0 Å². The maximum absolute atomic E-state index is 13.1. The van der Waals surface area contributed by atoms with E-state index in [-0.39, 0.29) is 25.9 Å². The second kappa shape index (κ2) is 70.3. The number of hydrogen-bond donors (Lipinski definition) is 3. The molecule has 0 saturated heterocycles. The van der Waals surface area contributed by atoms with Crippen LogP contribution in [0.1, 0.15) is 355 Å². The highest BCUT2D eigenvalue weighted by molar-refractivity contribution is 7.47. The topological polar surface area (TPSA) is 237 Å². The minimum Gasteiger partial charge on any atom is -0.462 e. The Morgan fingerprint density at radius 3 is 1.01 bits per heavy atom. The molecule has 0 aliphatic rings. The maximum Gasteiger partial charge on any atom is 0.472 e. The average Bonchev–Trinajstić information content (AvgIpc) is 1.46. The zero-order valence-electron chi connectivity index (χ0n) is 59.9. The Labute approximate surface area is 573 Å². The van der Waals surface area contributed by atoms with Gasteiger partial charge in [0, 0.05) is 32.3 Å². The first-order valence-corrected chi connectivity index (χ1v) is 41.2. The monoisotopic (exact) mass is 1370 g/mol. The number of aliphatic hydroxyl groups is 1. The van der Waals surface area contributed by atoms with E-state index in [9.17, 15) is 43.2 Å². The van der Waals surface area contributed by atoms with Gasteiger partial charge in [-0.2, -0.15) is 0 Å². The summed E-state index contributed by atoms with van der Waals surface area (Å²) in [5.41, 5.74) is 0.